The van der Waals surface area contributed by atoms with E-state index in [4.69, 9.17) is 0 Å². The number of hydrogen-bond acceptors (Lipinski definition) is 3. The standard InChI is InChI=1S/C14H30N2O/c1-4-12-6-8-14(9-7-12)16(3)10-13(11-17)15-5-2/h12-15,17H,4-11H2,1-3H3. The zero-order valence-electron chi connectivity index (χ0n) is 11.8. The van der Waals surface area contributed by atoms with Gasteiger partial charge in [0.1, 0.15) is 0 Å². The molecule has 0 aromatic rings. The van der Waals surface area contributed by atoms with Crippen LogP contribution in [-0.4, -0.2) is 48.8 Å². The average molecular weight is 242 g/mol. The first-order valence-electron chi connectivity index (χ1n) is 7.25. The monoisotopic (exact) mass is 242 g/mol. The molecule has 0 saturated heterocycles. The number of rotatable bonds is 7. The second kappa shape index (κ2) is 8.06. The van der Waals surface area contributed by atoms with Crippen molar-refractivity contribution in [1.82, 2.24) is 10.2 Å². The molecule has 0 radical (unpaired) electrons. The zero-order chi connectivity index (χ0) is 12.7. The van der Waals surface area contributed by atoms with Crippen molar-refractivity contribution in [2.45, 2.75) is 58.0 Å². The number of hydrogen-bond donors (Lipinski definition) is 2. The minimum atomic E-state index is 0.230. The molecule has 0 aromatic carbocycles. The van der Waals surface area contributed by atoms with E-state index in [0.29, 0.717) is 0 Å². The molecule has 1 aliphatic carbocycles. The first kappa shape index (κ1) is 14.9. The summed E-state index contributed by atoms with van der Waals surface area (Å²) in [4.78, 5) is 2.44. The van der Waals surface area contributed by atoms with E-state index in [1.54, 1.807) is 0 Å². The van der Waals surface area contributed by atoms with Gasteiger partial charge in [0.05, 0.1) is 6.61 Å². The van der Waals surface area contributed by atoms with Gasteiger partial charge in [0, 0.05) is 18.6 Å². The van der Waals surface area contributed by atoms with Crippen molar-refractivity contribution in [2.24, 2.45) is 5.92 Å². The molecule has 1 rings (SSSR count). The molecule has 1 fully saturated rings. The van der Waals surface area contributed by atoms with Crippen molar-refractivity contribution in [3.05, 3.63) is 0 Å². The summed E-state index contributed by atoms with van der Waals surface area (Å²) in [5.74, 6) is 0.960. The largest absolute Gasteiger partial charge is 0.395 e. The van der Waals surface area contributed by atoms with Crippen LogP contribution in [0.1, 0.15) is 46.0 Å². The van der Waals surface area contributed by atoms with E-state index in [9.17, 15) is 5.11 Å². The highest BCUT2D eigenvalue weighted by molar-refractivity contribution is 4.80. The minimum absolute atomic E-state index is 0.230. The van der Waals surface area contributed by atoms with Gasteiger partial charge >= 0.3 is 0 Å². The summed E-state index contributed by atoms with van der Waals surface area (Å²) < 4.78 is 0. The van der Waals surface area contributed by atoms with Crippen LogP contribution < -0.4 is 5.32 Å². The predicted octanol–water partition coefficient (Wildman–Crippen LogP) is 1.86. The Hall–Kier alpha value is -0.120. The maximum atomic E-state index is 9.30. The van der Waals surface area contributed by atoms with Crippen LogP contribution in [0.25, 0.3) is 0 Å². The van der Waals surface area contributed by atoms with Gasteiger partial charge in [0.15, 0.2) is 0 Å². The summed E-state index contributed by atoms with van der Waals surface area (Å²) >= 11 is 0. The van der Waals surface area contributed by atoms with Gasteiger partial charge < -0.3 is 15.3 Å². The molecule has 1 aliphatic rings. The lowest BCUT2D eigenvalue weighted by Crippen LogP contribution is -2.46. The van der Waals surface area contributed by atoms with E-state index in [2.05, 4.69) is 31.1 Å². The van der Waals surface area contributed by atoms with Crippen LogP contribution in [0.5, 0.6) is 0 Å². The van der Waals surface area contributed by atoms with Crippen LogP contribution in [-0.2, 0) is 0 Å². The molecular formula is C14H30N2O. The molecule has 0 bridgehead atoms. The molecular weight excluding hydrogens is 212 g/mol. The molecule has 1 saturated carbocycles. The second-order valence-electron chi connectivity index (χ2n) is 5.46. The van der Waals surface area contributed by atoms with E-state index in [0.717, 1.165) is 25.0 Å². The van der Waals surface area contributed by atoms with Gasteiger partial charge in [-0.05, 0) is 45.2 Å². The lowest BCUT2D eigenvalue weighted by Gasteiger charge is -2.36. The highest BCUT2D eigenvalue weighted by Crippen LogP contribution is 2.28. The Balaban J connectivity index is 2.30. The average Bonchev–Trinajstić information content (AvgIpc) is 2.38. The molecule has 1 unspecified atom stereocenters. The van der Waals surface area contributed by atoms with Crippen LogP contribution in [0.4, 0.5) is 0 Å². The van der Waals surface area contributed by atoms with Crippen molar-refractivity contribution < 1.29 is 5.11 Å². The molecule has 17 heavy (non-hydrogen) atoms. The number of aliphatic hydroxyl groups is 1. The van der Waals surface area contributed by atoms with Gasteiger partial charge in [0.2, 0.25) is 0 Å². The van der Waals surface area contributed by atoms with Gasteiger partial charge in [-0.1, -0.05) is 20.3 Å². The summed E-state index contributed by atoms with van der Waals surface area (Å²) in [6.07, 6.45) is 6.78. The third-order valence-electron chi connectivity index (χ3n) is 4.24. The van der Waals surface area contributed by atoms with Crippen LogP contribution in [0.3, 0.4) is 0 Å². The molecule has 2 N–H and O–H groups in total. The lowest BCUT2D eigenvalue weighted by molar-refractivity contribution is 0.131. The summed E-state index contributed by atoms with van der Waals surface area (Å²) in [5.41, 5.74) is 0. The highest BCUT2D eigenvalue weighted by Gasteiger charge is 2.24. The van der Waals surface area contributed by atoms with E-state index in [1.165, 1.54) is 32.1 Å². The fourth-order valence-corrected chi connectivity index (χ4v) is 2.97. The summed E-state index contributed by atoms with van der Waals surface area (Å²) in [6, 6.07) is 0.958. The molecule has 0 aliphatic heterocycles. The van der Waals surface area contributed by atoms with E-state index < -0.39 is 0 Å². The van der Waals surface area contributed by atoms with Gasteiger partial charge in [-0.25, -0.2) is 0 Å². The van der Waals surface area contributed by atoms with Crippen molar-refractivity contribution in [1.29, 1.82) is 0 Å². The Morgan fingerprint density at radius 1 is 1.24 bits per heavy atom. The number of aliphatic hydroxyl groups excluding tert-OH is 1. The van der Waals surface area contributed by atoms with Crippen LogP contribution >= 0.6 is 0 Å². The van der Waals surface area contributed by atoms with Crippen LogP contribution in [0.2, 0.25) is 0 Å². The van der Waals surface area contributed by atoms with Crippen molar-refractivity contribution in [3.63, 3.8) is 0 Å². The van der Waals surface area contributed by atoms with Crippen LogP contribution in [0.15, 0.2) is 0 Å². The molecule has 102 valence electrons. The van der Waals surface area contributed by atoms with E-state index in [-0.39, 0.29) is 12.6 Å². The normalized spacial score (nSPS) is 27.4. The molecule has 0 spiro atoms. The fraction of sp³-hybridized carbons (Fsp3) is 1.00. The zero-order valence-corrected chi connectivity index (χ0v) is 11.8. The minimum Gasteiger partial charge on any atom is -0.395 e. The summed E-state index contributed by atoms with van der Waals surface area (Å²) in [7, 11) is 2.21. The Morgan fingerprint density at radius 3 is 2.35 bits per heavy atom. The second-order valence-corrected chi connectivity index (χ2v) is 5.46. The number of likely N-dealkylation sites (N-methyl/N-ethyl adjacent to an activating group) is 2. The Bertz CT molecular complexity index is 191. The first-order chi connectivity index (χ1) is 8.21. The quantitative estimate of drug-likeness (QED) is 0.715. The third kappa shape index (κ3) is 4.94. The van der Waals surface area contributed by atoms with Crippen LogP contribution in [0, 0.1) is 5.92 Å². The predicted molar refractivity (Wildman–Crippen MR) is 73.2 cm³/mol. The van der Waals surface area contributed by atoms with Crippen molar-refractivity contribution >= 4 is 0 Å². The molecule has 1 atom stereocenters. The smallest absolute Gasteiger partial charge is 0.0597 e. The molecule has 0 amide bonds. The topological polar surface area (TPSA) is 35.5 Å². The Morgan fingerprint density at radius 2 is 1.88 bits per heavy atom. The molecule has 3 nitrogen and oxygen atoms in total. The molecule has 0 aromatic heterocycles. The van der Waals surface area contributed by atoms with Crippen molar-refractivity contribution in [3.8, 4) is 0 Å². The van der Waals surface area contributed by atoms with Gasteiger partial charge in [-0.2, -0.15) is 0 Å². The fourth-order valence-electron chi connectivity index (χ4n) is 2.97. The van der Waals surface area contributed by atoms with Gasteiger partial charge in [-0.15, -0.1) is 0 Å². The van der Waals surface area contributed by atoms with Gasteiger partial charge in [0.25, 0.3) is 0 Å². The first-order valence-corrected chi connectivity index (χ1v) is 7.25. The summed E-state index contributed by atoms with van der Waals surface area (Å²) in [5, 5.41) is 12.6. The lowest BCUT2D eigenvalue weighted by atomic mass is 9.84. The third-order valence-corrected chi connectivity index (χ3v) is 4.24. The highest BCUT2D eigenvalue weighted by atomic mass is 16.3. The SMILES string of the molecule is CCNC(CO)CN(C)C1CCC(CC)CC1. The molecule has 3 heteroatoms. The number of nitrogens with one attached hydrogen (secondary N) is 1. The Labute approximate surface area is 107 Å². The summed E-state index contributed by atoms with van der Waals surface area (Å²) in [6.45, 7) is 6.53. The number of nitrogens with zero attached hydrogens (tertiary/aromatic N) is 1. The maximum absolute atomic E-state index is 9.30. The Kier molecular flexibility index (Phi) is 7.09. The maximum Gasteiger partial charge on any atom is 0.0597 e. The van der Waals surface area contributed by atoms with E-state index >= 15 is 0 Å². The molecule has 0 heterocycles. The van der Waals surface area contributed by atoms with E-state index in [1.807, 2.05) is 0 Å². The van der Waals surface area contributed by atoms with Gasteiger partial charge in [-0.3, -0.25) is 0 Å². The van der Waals surface area contributed by atoms with Crippen molar-refractivity contribution in [2.75, 3.05) is 26.7 Å².